The summed E-state index contributed by atoms with van der Waals surface area (Å²) in [4.78, 5) is 12.5. The lowest BCUT2D eigenvalue weighted by molar-refractivity contribution is -0.192. The largest absolute Gasteiger partial charge is 0.490 e. The summed E-state index contributed by atoms with van der Waals surface area (Å²) in [7, 11) is -4.07. The molecule has 3 aromatic rings. The number of carbonyl (C=O) groups is 1. The molecule has 0 fully saturated rings. The third-order valence-electron chi connectivity index (χ3n) is 3.93. The Bertz CT molecular complexity index is 1190. The van der Waals surface area contributed by atoms with Gasteiger partial charge in [-0.15, -0.1) is 0 Å². The van der Waals surface area contributed by atoms with Crippen LogP contribution in [-0.4, -0.2) is 35.2 Å². The maximum Gasteiger partial charge on any atom is 0.490 e. The molecule has 0 saturated carbocycles. The van der Waals surface area contributed by atoms with Crippen molar-refractivity contribution in [2.75, 3.05) is 0 Å². The van der Waals surface area contributed by atoms with Gasteiger partial charge in [0.2, 0.25) is 10.0 Å². The van der Waals surface area contributed by atoms with Crippen molar-refractivity contribution >= 4 is 16.0 Å². The first-order chi connectivity index (χ1) is 14.8. The molecule has 3 rings (SSSR count). The van der Waals surface area contributed by atoms with Gasteiger partial charge in [-0.25, -0.2) is 31.7 Å². The van der Waals surface area contributed by atoms with Gasteiger partial charge in [0, 0.05) is 30.7 Å². The number of alkyl halides is 3. The highest BCUT2D eigenvalue weighted by Gasteiger charge is 2.38. The molecular weight excluding hydrogens is 461 g/mol. The standard InChI is InChI=1S/C17H15F2N3O2S.C2HF3O2/c1-12-20-8-9-22(12)15-5-2-13(3-6-15)11-21-25(23,24)17-7-4-14(18)10-16(17)19;3-2(4,5)1(6)7/h2-10,21H,11H2,1H3;(H,6,7). The van der Waals surface area contributed by atoms with Gasteiger partial charge >= 0.3 is 12.1 Å². The van der Waals surface area contributed by atoms with E-state index in [-0.39, 0.29) is 6.54 Å². The highest BCUT2D eigenvalue weighted by atomic mass is 32.2. The van der Waals surface area contributed by atoms with Crippen molar-refractivity contribution in [1.29, 1.82) is 0 Å². The van der Waals surface area contributed by atoms with E-state index in [4.69, 9.17) is 9.90 Å². The van der Waals surface area contributed by atoms with Gasteiger partial charge in [-0.1, -0.05) is 12.1 Å². The van der Waals surface area contributed by atoms with Gasteiger partial charge in [-0.3, -0.25) is 0 Å². The molecule has 0 spiro atoms. The van der Waals surface area contributed by atoms with Gasteiger partial charge in [0.25, 0.3) is 0 Å². The van der Waals surface area contributed by atoms with Crippen LogP contribution in [0.4, 0.5) is 22.0 Å². The summed E-state index contributed by atoms with van der Waals surface area (Å²) in [6.45, 7) is 1.86. The lowest BCUT2D eigenvalue weighted by atomic mass is 10.2. The Hall–Kier alpha value is -3.32. The van der Waals surface area contributed by atoms with E-state index >= 15 is 0 Å². The van der Waals surface area contributed by atoms with Gasteiger partial charge in [-0.2, -0.15) is 13.2 Å². The zero-order chi connectivity index (χ0) is 24.1. The van der Waals surface area contributed by atoms with Crippen LogP contribution in [0.5, 0.6) is 0 Å². The van der Waals surface area contributed by atoms with Gasteiger partial charge in [-0.05, 0) is 36.8 Å². The van der Waals surface area contributed by atoms with E-state index in [1.807, 2.05) is 29.8 Å². The Morgan fingerprint density at radius 2 is 1.72 bits per heavy atom. The third-order valence-corrected chi connectivity index (χ3v) is 5.37. The van der Waals surface area contributed by atoms with Crippen LogP contribution in [-0.2, 0) is 21.4 Å². The van der Waals surface area contributed by atoms with Crippen molar-refractivity contribution in [3.63, 3.8) is 0 Å². The molecule has 0 amide bonds. The van der Waals surface area contributed by atoms with Crippen LogP contribution in [0, 0.1) is 18.6 Å². The zero-order valence-corrected chi connectivity index (χ0v) is 17.1. The normalized spacial score (nSPS) is 11.6. The number of aliphatic carboxylic acids is 1. The number of imidazole rings is 1. The van der Waals surface area contributed by atoms with Crippen molar-refractivity contribution in [3.05, 3.63) is 77.9 Å². The van der Waals surface area contributed by atoms with Crippen molar-refractivity contribution in [2.45, 2.75) is 24.5 Å². The fraction of sp³-hybridized carbons (Fsp3) is 0.158. The summed E-state index contributed by atoms with van der Waals surface area (Å²) in [5, 5.41) is 7.12. The van der Waals surface area contributed by atoms with Crippen LogP contribution in [0.15, 0.2) is 59.8 Å². The minimum absolute atomic E-state index is 0.0116. The molecule has 0 bridgehead atoms. The van der Waals surface area contributed by atoms with Crippen LogP contribution >= 0.6 is 0 Å². The first kappa shape index (κ1) is 24.9. The highest BCUT2D eigenvalue weighted by Crippen LogP contribution is 2.17. The number of nitrogens with one attached hydrogen (secondary N) is 1. The Morgan fingerprint density at radius 1 is 1.12 bits per heavy atom. The number of carboxylic acid groups (broad SMARTS) is 1. The minimum Gasteiger partial charge on any atom is -0.475 e. The van der Waals surface area contributed by atoms with Gasteiger partial charge in [0.05, 0.1) is 0 Å². The third kappa shape index (κ3) is 6.59. The fourth-order valence-corrected chi connectivity index (χ4v) is 3.45. The molecule has 1 aromatic heterocycles. The molecule has 2 aromatic carbocycles. The van der Waals surface area contributed by atoms with E-state index in [2.05, 4.69) is 9.71 Å². The summed E-state index contributed by atoms with van der Waals surface area (Å²) in [6.07, 6.45) is -1.57. The molecule has 13 heteroatoms. The van der Waals surface area contributed by atoms with Crippen molar-refractivity contribution in [1.82, 2.24) is 14.3 Å². The number of benzene rings is 2. The zero-order valence-electron chi connectivity index (χ0n) is 16.3. The number of halogens is 5. The summed E-state index contributed by atoms with van der Waals surface area (Å²) >= 11 is 0. The monoisotopic (exact) mass is 477 g/mol. The SMILES string of the molecule is Cc1nccn1-c1ccc(CNS(=O)(=O)c2ccc(F)cc2F)cc1.O=C(O)C(F)(F)F. The number of aromatic nitrogens is 2. The average molecular weight is 477 g/mol. The van der Waals surface area contributed by atoms with Crippen LogP contribution in [0.1, 0.15) is 11.4 Å². The van der Waals surface area contributed by atoms with E-state index in [0.29, 0.717) is 11.6 Å². The van der Waals surface area contributed by atoms with Crippen LogP contribution in [0.3, 0.4) is 0 Å². The summed E-state index contributed by atoms with van der Waals surface area (Å²) < 4.78 is 86.8. The molecule has 32 heavy (non-hydrogen) atoms. The van der Waals surface area contributed by atoms with E-state index in [1.54, 1.807) is 18.3 Å². The minimum atomic E-state index is -5.08. The second-order valence-corrected chi connectivity index (χ2v) is 7.95. The maximum atomic E-state index is 13.7. The van der Waals surface area contributed by atoms with Crippen molar-refractivity contribution in [2.24, 2.45) is 0 Å². The van der Waals surface area contributed by atoms with E-state index < -0.39 is 38.7 Å². The molecule has 0 atom stereocenters. The lowest BCUT2D eigenvalue weighted by Gasteiger charge is -2.09. The Balaban J connectivity index is 0.000000451. The van der Waals surface area contributed by atoms with E-state index in [1.165, 1.54) is 0 Å². The van der Waals surface area contributed by atoms with Gasteiger partial charge in [0.15, 0.2) is 0 Å². The lowest BCUT2D eigenvalue weighted by Crippen LogP contribution is -2.24. The first-order valence-corrected chi connectivity index (χ1v) is 10.1. The summed E-state index contributed by atoms with van der Waals surface area (Å²) in [5.41, 5.74) is 1.60. The number of rotatable bonds is 5. The highest BCUT2D eigenvalue weighted by molar-refractivity contribution is 7.89. The smallest absolute Gasteiger partial charge is 0.475 e. The number of aryl methyl sites for hydroxylation is 1. The molecule has 7 nitrogen and oxygen atoms in total. The summed E-state index contributed by atoms with van der Waals surface area (Å²) in [6, 6.07) is 9.53. The predicted octanol–water partition coefficient (Wildman–Crippen LogP) is 3.57. The quantitative estimate of drug-likeness (QED) is 0.548. The number of sulfonamides is 1. The second kappa shape index (κ2) is 9.87. The Kier molecular flexibility index (Phi) is 7.69. The van der Waals surface area contributed by atoms with Crippen molar-refractivity contribution < 1.29 is 40.3 Å². The van der Waals surface area contributed by atoms with Crippen LogP contribution < -0.4 is 4.72 Å². The number of carboxylic acids is 1. The molecule has 172 valence electrons. The molecule has 0 radical (unpaired) electrons. The number of hydrogen-bond acceptors (Lipinski definition) is 4. The Morgan fingerprint density at radius 3 is 2.19 bits per heavy atom. The maximum absolute atomic E-state index is 13.7. The van der Waals surface area contributed by atoms with Gasteiger partial charge in [0.1, 0.15) is 22.4 Å². The number of nitrogens with zero attached hydrogens (tertiary/aromatic N) is 2. The molecule has 1 heterocycles. The molecule has 0 unspecified atom stereocenters. The van der Waals surface area contributed by atoms with Crippen molar-refractivity contribution in [3.8, 4) is 5.69 Å². The van der Waals surface area contributed by atoms with Gasteiger partial charge < -0.3 is 9.67 Å². The molecule has 2 N–H and O–H groups in total. The molecule has 0 aliphatic carbocycles. The molecule has 0 aliphatic rings. The molecule has 0 saturated heterocycles. The predicted molar refractivity (Wildman–Crippen MR) is 102 cm³/mol. The molecule has 0 aliphatic heterocycles. The van der Waals surface area contributed by atoms with Crippen LogP contribution in [0.2, 0.25) is 0 Å². The molecular formula is C19H16F5N3O4S. The second-order valence-electron chi connectivity index (χ2n) is 6.21. The fourth-order valence-electron chi connectivity index (χ4n) is 2.37. The topological polar surface area (TPSA) is 101 Å². The van der Waals surface area contributed by atoms with E-state index in [9.17, 15) is 30.4 Å². The first-order valence-electron chi connectivity index (χ1n) is 8.65. The average Bonchev–Trinajstić information content (AvgIpc) is 3.12. The van der Waals surface area contributed by atoms with Crippen LogP contribution in [0.25, 0.3) is 5.69 Å². The van der Waals surface area contributed by atoms with E-state index in [0.717, 1.165) is 23.6 Å². The Labute approximate surface area is 179 Å². The number of hydrogen-bond donors (Lipinski definition) is 2. The summed E-state index contributed by atoms with van der Waals surface area (Å²) in [5.74, 6) is -3.88.